The largest absolute Gasteiger partial charge is 0.497 e. The van der Waals surface area contributed by atoms with Gasteiger partial charge in [0.1, 0.15) is 17.2 Å². The van der Waals surface area contributed by atoms with Gasteiger partial charge in [-0.3, -0.25) is 9.59 Å². The van der Waals surface area contributed by atoms with Gasteiger partial charge in [-0.15, -0.1) is 0 Å². The van der Waals surface area contributed by atoms with E-state index in [0.717, 1.165) is 4.90 Å². The van der Waals surface area contributed by atoms with Crippen LogP contribution in [0.5, 0.6) is 17.2 Å². The summed E-state index contributed by atoms with van der Waals surface area (Å²) >= 11 is 0. The van der Waals surface area contributed by atoms with Crippen molar-refractivity contribution in [2.24, 2.45) is 0 Å². The number of hydrogen-bond donors (Lipinski definition) is 0. The van der Waals surface area contributed by atoms with Crippen molar-refractivity contribution in [3.8, 4) is 17.2 Å². The zero-order valence-electron chi connectivity index (χ0n) is 16.9. The molecule has 2 amide bonds. The average Bonchev–Trinajstić information content (AvgIpc) is 3.05. The molecule has 1 heterocycles. The van der Waals surface area contributed by atoms with E-state index in [1.165, 1.54) is 12.1 Å². The van der Waals surface area contributed by atoms with Crippen LogP contribution in [-0.4, -0.2) is 31.0 Å². The highest BCUT2D eigenvalue weighted by atomic mass is 16.6. The summed E-state index contributed by atoms with van der Waals surface area (Å²) < 4.78 is 16.0. The van der Waals surface area contributed by atoms with Gasteiger partial charge in [0.25, 0.3) is 11.8 Å². The summed E-state index contributed by atoms with van der Waals surface area (Å²) in [4.78, 5) is 38.6. The standard InChI is InChI=1S/C24H19NO6/c1-15(30-18-13-11-17(29-2)12-14-18)24(28)31-19-9-7-16(8-10-19)25-22(26)20-5-3-4-6-21(20)23(25)27/h3-15H,1-2H3. The SMILES string of the molecule is COc1ccc(OC(C)C(=O)Oc2ccc(N3C(=O)c4ccccc4C3=O)cc2)cc1. The fourth-order valence-corrected chi connectivity index (χ4v) is 3.19. The van der Waals surface area contributed by atoms with Crippen molar-refractivity contribution in [2.45, 2.75) is 13.0 Å². The second kappa shape index (κ2) is 8.31. The highest BCUT2D eigenvalue weighted by molar-refractivity contribution is 6.34. The number of anilines is 1. The average molecular weight is 417 g/mol. The van der Waals surface area contributed by atoms with Crippen LogP contribution in [0.2, 0.25) is 0 Å². The van der Waals surface area contributed by atoms with Crippen LogP contribution in [0.15, 0.2) is 72.8 Å². The number of amides is 2. The Morgan fingerprint density at radius 2 is 1.29 bits per heavy atom. The van der Waals surface area contributed by atoms with Crippen LogP contribution in [0.3, 0.4) is 0 Å². The maximum atomic E-state index is 12.6. The number of nitrogens with zero attached hydrogens (tertiary/aromatic N) is 1. The van der Waals surface area contributed by atoms with Gasteiger partial charge in [0.15, 0.2) is 6.10 Å². The molecule has 3 aromatic rings. The second-order valence-corrected chi connectivity index (χ2v) is 6.84. The van der Waals surface area contributed by atoms with Crippen molar-refractivity contribution < 1.29 is 28.6 Å². The summed E-state index contributed by atoms with van der Waals surface area (Å²) in [5.74, 6) is 0.116. The Kier molecular flexibility index (Phi) is 5.41. The Morgan fingerprint density at radius 1 is 0.774 bits per heavy atom. The maximum Gasteiger partial charge on any atom is 0.352 e. The summed E-state index contributed by atoms with van der Waals surface area (Å²) in [6.07, 6.45) is -0.843. The van der Waals surface area contributed by atoms with Crippen LogP contribution in [-0.2, 0) is 4.79 Å². The predicted octanol–water partition coefficient (Wildman–Crippen LogP) is 3.87. The van der Waals surface area contributed by atoms with Crippen LogP contribution >= 0.6 is 0 Å². The van der Waals surface area contributed by atoms with Crippen molar-refractivity contribution in [3.05, 3.63) is 83.9 Å². The van der Waals surface area contributed by atoms with Crippen molar-refractivity contribution in [1.82, 2.24) is 0 Å². The van der Waals surface area contributed by atoms with Crippen LogP contribution in [0, 0.1) is 0 Å². The predicted molar refractivity (Wildman–Crippen MR) is 113 cm³/mol. The third kappa shape index (κ3) is 3.98. The molecule has 0 radical (unpaired) electrons. The van der Waals surface area contributed by atoms with E-state index in [1.54, 1.807) is 74.7 Å². The van der Waals surface area contributed by atoms with Crippen LogP contribution in [0.25, 0.3) is 0 Å². The molecule has 3 aromatic carbocycles. The normalized spacial score (nSPS) is 13.5. The first-order valence-corrected chi connectivity index (χ1v) is 9.58. The lowest BCUT2D eigenvalue weighted by Crippen LogP contribution is -2.29. The third-order valence-electron chi connectivity index (χ3n) is 4.81. The topological polar surface area (TPSA) is 82.1 Å². The number of fused-ring (bicyclic) bond motifs is 1. The highest BCUT2D eigenvalue weighted by Gasteiger charge is 2.36. The molecule has 156 valence electrons. The number of esters is 1. The Labute approximate surface area is 178 Å². The van der Waals surface area contributed by atoms with Gasteiger partial charge >= 0.3 is 5.97 Å². The van der Waals surface area contributed by atoms with E-state index in [-0.39, 0.29) is 17.6 Å². The van der Waals surface area contributed by atoms with Crippen molar-refractivity contribution in [1.29, 1.82) is 0 Å². The van der Waals surface area contributed by atoms with Crippen LogP contribution in [0.4, 0.5) is 5.69 Å². The molecule has 1 atom stereocenters. The Bertz CT molecular complexity index is 1100. The number of hydrogen-bond acceptors (Lipinski definition) is 6. The second-order valence-electron chi connectivity index (χ2n) is 6.84. The number of methoxy groups -OCH3 is 1. The fraction of sp³-hybridized carbons (Fsp3) is 0.125. The molecular weight excluding hydrogens is 398 g/mol. The quantitative estimate of drug-likeness (QED) is 0.344. The first kappa shape index (κ1) is 20.2. The van der Waals surface area contributed by atoms with E-state index >= 15 is 0 Å². The van der Waals surface area contributed by atoms with E-state index in [9.17, 15) is 14.4 Å². The molecule has 7 nitrogen and oxygen atoms in total. The number of imide groups is 1. The molecule has 0 spiro atoms. The van der Waals surface area contributed by atoms with Crippen LogP contribution < -0.4 is 19.1 Å². The highest BCUT2D eigenvalue weighted by Crippen LogP contribution is 2.29. The minimum atomic E-state index is -0.843. The van der Waals surface area contributed by atoms with Crippen molar-refractivity contribution >= 4 is 23.5 Å². The lowest BCUT2D eigenvalue weighted by atomic mass is 10.1. The Morgan fingerprint density at radius 3 is 1.84 bits per heavy atom. The van der Waals surface area contributed by atoms with Crippen molar-refractivity contribution in [2.75, 3.05) is 12.0 Å². The molecule has 4 rings (SSSR count). The van der Waals surface area contributed by atoms with E-state index < -0.39 is 12.1 Å². The number of rotatable bonds is 6. The molecule has 0 bridgehead atoms. The molecule has 0 aromatic heterocycles. The van der Waals surface area contributed by atoms with E-state index in [1.807, 2.05) is 0 Å². The van der Waals surface area contributed by atoms with Crippen molar-refractivity contribution in [3.63, 3.8) is 0 Å². The minimum Gasteiger partial charge on any atom is -0.497 e. The summed E-state index contributed by atoms with van der Waals surface area (Å²) in [7, 11) is 1.56. The summed E-state index contributed by atoms with van der Waals surface area (Å²) in [5, 5.41) is 0. The molecule has 1 aliphatic heterocycles. The first-order chi connectivity index (χ1) is 15.0. The smallest absolute Gasteiger partial charge is 0.352 e. The number of benzene rings is 3. The summed E-state index contributed by atoms with van der Waals surface area (Å²) in [6.45, 7) is 1.58. The molecule has 31 heavy (non-hydrogen) atoms. The Balaban J connectivity index is 1.41. The van der Waals surface area contributed by atoms with E-state index in [4.69, 9.17) is 14.2 Å². The molecule has 0 saturated carbocycles. The van der Waals surface area contributed by atoms with Gasteiger partial charge in [-0.05, 0) is 67.6 Å². The molecule has 0 aliphatic carbocycles. The summed E-state index contributed by atoms with van der Waals surface area (Å²) in [6, 6.07) is 19.7. The van der Waals surface area contributed by atoms with Gasteiger partial charge in [0.05, 0.1) is 23.9 Å². The molecule has 0 fully saturated rings. The zero-order chi connectivity index (χ0) is 22.0. The van der Waals surface area contributed by atoms with Gasteiger partial charge in [-0.2, -0.15) is 0 Å². The molecular formula is C24H19NO6. The van der Waals surface area contributed by atoms with E-state index in [0.29, 0.717) is 28.3 Å². The summed E-state index contributed by atoms with van der Waals surface area (Å²) in [5.41, 5.74) is 1.13. The Hall–Kier alpha value is -4.13. The van der Waals surface area contributed by atoms with E-state index in [2.05, 4.69) is 0 Å². The minimum absolute atomic E-state index is 0.274. The molecule has 0 N–H and O–H groups in total. The molecule has 1 aliphatic rings. The third-order valence-corrected chi connectivity index (χ3v) is 4.81. The fourth-order valence-electron chi connectivity index (χ4n) is 3.19. The number of carbonyl (C=O) groups is 3. The number of ether oxygens (including phenoxy) is 3. The van der Waals surface area contributed by atoms with Gasteiger partial charge in [-0.25, -0.2) is 9.69 Å². The zero-order valence-corrected chi connectivity index (χ0v) is 16.9. The monoisotopic (exact) mass is 417 g/mol. The molecule has 1 unspecified atom stereocenters. The van der Waals surface area contributed by atoms with Gasteiger partial charge < -0.3 is 14.2 Å². The van der Waals surface area contributed by atoms with Gasteiger partial charge in [0.2, 0.25) is 0 Å². The van der Waals surface area contributed by atoms with Gasteiger partial charge in [0, 0.05) is 0 Å². The van der Waals surface area contributed by atoms with Gasteiger partial charge in [-0.1, -0.05) is 12.1 Å². The lowest BCUT2D eigenvalue weighted by molar-refractivity contribution is -0.141. The molecule has 7 heteroatoms. The van der Waals surface area contributed by atoms with Crippen LogP contribution in [0.1, 0.15) is 27.6 Å². The molecule has 0 saturated heterocycles. The first-order valence-electron chi connectivity index (χ1n) is 9.58. The maximum absolute atomic E-state index is 12.6. The number of carbonyl (C=O) groups excluding carboxylic acids is 3. The lowest BCUT2D eigenvalue weighted by Gasteiger charge is -2.16.